The first-order valence-electron chi connectivity index (χ1n) is 6.49. The van der Waals surface area contributed by atoms with E-state index in [0.717, 1.165) is 0 Å². The second-order valence-corrected chi connectivity index (χ2v) is 5.54. The first-order valence-corrected chi connectivity index (χ1v) is 6.49. The Morgan fingerprint density at radius 3 is 2.56 bits per heavy atom. The number of hydrogen-bond donors (Lipinski definition) is 2. The van der Waals surface area contributed by atoms with E-state index in [1.807, 2.05) is 0 Å². The molecule has 96 valence electrons. The van der Waals surface area contributed by atoms with Crippen LogP contribution in [0.25, 0.3) is 0 Å². The van der Waals surface area contributed by atoms with Crippen LogP contribution in [0, 0.1) is 5.41 Å². The van der Waals surface area contributed by atoms with Crippen LogP contribution >= 0.6 is 0 Å². The Morgan fingerprint density at radius 1 is 1.33 bits per heavy atom. The number of aromatic nitrogens is 2. The lowest BCUT2D eigenvalue weighted by atomic mass is 9.67. The molecular weight excluding hydrogens is 230 g/mol. The molecule has 0 aromatic carbocycles. The van der Waals surface area contributed by atoms with Crippen LogP contribution < -0.4 is 5.32 Å². The molecule has 2 N–H and O–H groups in total. The fourth-order valence-electron chi connectivity index (χ4n) is 3.16. The predicted octanol–water partition coefficient (Wildman–Crippen LogP) is 2.31. The van der Waals surface area contributed by atoms with Crippen LogP contribution in [0.2, 0.25) is 0 Å². The van der Waals surface area contributed by atoms with Gasteiger partial charge < -0.3 is 10.4 Å². The molecule has 1 aromatic heterocycles. The molecule has 1 spiro atoms. The van der Waals surface area contributed by atoms with Crippen LogP contribution in [-0.4, -0.2) is 27.1 Å². The molecule has 0 saturated heterocycles. The minimum absolute atomic E-state index is 0.127. The zero-order valence-electron chi connectivity index (χ0n) is 10.2. The molecule has 5 nitrogen and oxygen atoms in total. The summed E-state index contributed by atoms with van der Waals surface area (Å²) in [6.07, 6.45) is 10.5. The third-order valence-corrected chi connectivity index (χ3v) is 4.35. The molecule has 3 rings (SSSR count). The first-order chi connectivity index (χ1) is 8.67. The summed E-state index contributed by atoms with van der Waals surface area (Å²) in [7, 11) is 0. The van der Waals surface area contributed by atoms with Crippen molar-refractivity contribution in [3.05, 3.63) is 18.0 Å². The largest absolute Gasteiger partial charge is 0.478 e. The maximum Gasteiger partial charge on any atom is 0.338 e. The first kappa shape index (κ1) is 11.4. The summed E-state index contributed by atoms with van der Waals surface area (Å²) in [5.41, 5.74) is 0.723. The summed E-state index contributed by atoms with van der Waals surface area (Å²) in [6, 6.07) is 0.445. The van der Waals surface area contributed by atoms with E-state index in [9.17, 15) is 4.79 Å². The number of hydrogen-bond acceptors (Lipinski definition) is 4. The third kappa shape index (κ3) is 2.05. The summed E-state index contributed by atoms with van der Waals surface area (Å²) in [6.45, 7) is 0. The van der Waals surface area contributed by atoms with Crippen molar-refractivity contribution in [3.8, 4) is 0 Å². The highest BCUT2D eigenvalue weighted by molar-refractivity contribution is 5.86. The molecule has 1 aromatic rings. The number of nitrogens with zero attached hydrogens (tertiary/aromatic N) is 2. The molecule has 5 heteroatoms. The van der Waals surface area contributed by atoms with E-state index < -0.39 is 5.97 Å². The van der Waals surface area contributed by atoms with Crippen molar-refractivity contribution >= 4 is 11.9 Å². The number of rotatable bonds is 3. The average molecular weight is 247 g/mol. The monoisotopic (exact) mass is 247 g/mol. The van der Waals surface area contributed by atoms with Crippen molar-refractivity contribution in [2.45, 2.75) is 44.6 Å². The van der Waals surface area contributed by atoms with Gasteiger partial charge in [0.05, 0.1) is 5.56 Å². The van der Waals surface area contributed by atoms with Crippen LogP contribution in [0.15, 0.2) is 12.4 Å². The number of carbonyl (C=O) groups is 1. The van der Waals surface area contributed by atoms with Crippen molar-refractivity contribution in [3.63, 3.8) is 0 Å². The topological polar surface area (TPSA) is 75.1 Å². The smallest absolute Gasteiger partial charge is 0.338 e. The molecule has 2 saturated carbocycles. The molecule has 18 heavy (non-hydrogen) atoms. The Bertz CT molecular complexity index is 454. The Kier molecular flexibility index (Phi) is 2.69. The normalized spacial score (nSPS) is 24.8. The van der Waals surface area contributed by atoms with Gasteiger partial charge in [-0.25, -0.2) is 14.8 Å². The molecule has 2 aliphatic carbocycles. The fourth-order valence-corrected chi connectivity index (χ4v) is 3.16. The van der Waals surface area contributed by atoms with E-state index >= 15 is 0 Å². The van der Waals surface area contributed by atoms with Gasteiger partial charge in [0.15, 0.2) is 0 Å². The lowest BCUT2D eigenvalue weighted by Crippen LogP contribution is -2.28. The highest BCUT2D eigenvalue weighted by Crippen LogP contribution is 2.53. The van der Waals surface area contributed by atoms with Gasteiger partial charge in [-0.3, -0.25) is 0 Å². The Morgan fingerprint density at radius 2 is 2.06 bits per heavy atom. The van der Waals surface area contributed by atoms with E-state index in [1.165, 1.54) is 50.9 Å². The van der Waals surface area contributed by atoms with Crippen LogP contribution in [-0.2, 0) is 0 Å². The third-order valence-electron chi connectivity index (χ3n) is 4.35. The maximum atomic E-state index is 10.7. The Balaban J connectivity index is 1.61. The number of aromatic carboxylic acids is 1. The molecule has 0 bridgehead atoms. The fraction of sp³-hybridized carbons (Fsp3) is 0.615. The quantitative estimate of drug-likeness (QED) is 0.857. The van der Waals surface area contributed by atoms with Gasteiger partial charge in [0.1, 0.15) is 0 Å². The van der Waals surface area contributed by atoms with Gasteiger partial charge in [-0.05, 0) is 37.5 Å². The molecule has 0 aliphatic heterocycles. The van der Waals surface area contributed by atoms with Crippen LogP contribution in [0.4, 0.5) is 5.95 Å². The van der Waals surface area contributed by atoms with Gasteiger partial charge in [0.25, 0.3) is 0 Å². The maximum absolute atomic E-state index is 10.7. The van der Waals surface area contributed by atoms with Gasteiger partial charge in [0.2, 0.25) is 5.95 Å². The molecule has 1 atom stereocenters. The van der Waals surface area contributed by atoms with Crippen molar-refractivity contribution in [1.29, 1.82) is 0 Å². The summed E-state index contributed by atoms with van der Waals surface area (Å²) < 4.78 is 0. The van der Waals surface area contributed by atoms with Crippen LogP contribution in [0.3, 0.4) is 0 Å². The zero-order chi connectivity index (χ0) is 12.6. The van der Waals surface area contributed by atoms with Crippen molar-refractivity contribution < 1.29 is 9.90 Å². The molecule has 0 radical (unpaired) electrons. The predicted molar refractivity (Wildman–Crippen MR) is 66.5 cm³/mol. The lowest BCUT2D eigenvalue weighted by molar-refractivity contribution is 0.0696. The van der Waals surface area contributed by atoms with E-state index in [-0.39, 0.29) is 5.56 Å². The summed E-state index contributed by atoms with van der Waals surface area (Å²) in [5.74, 6) is -0.447. The highest BCUT2D eigenvalue weighted by atomic mass is 16.4. The SMILES string of the molecule is O=C(O)c1cnc(NC2CCC3(CCC3)C2)nc1. The van der Waals surface area contributed by atoms with E-state index in [2.05, 4.69) is 15.3 Å². The number of nitrogens with one attached hydrogen (secondary N) is 1. The number of carboxylic acids is 1. The lowest BCUT2D eigenvalue weighted by Gasteiger charge is -2.38. The van der Waals surface area contributed by atoms with E-state index in [4.69, 9.17) is 5.11 Å². The molecule has 1 heterocycles. The van der Waals surface area contributed by atoms with Gasteiger partial charge in [-0.2, -0.15) is 0 Å². The standard InChI is InChI=1S/C13H17N3O2/c17-11(18)9-7-14-12(15-8-9)16-10-2-5-13(6-10)3-1-4-13/h7-8,10H,1-6H2,(H,17,18)(H,14,15,16). The summed E-state index contributed by atoms with van der Waals surface area (Å²) >= 11 is 0. The molecule has 2 fully saturated rings. The average Bonchev–Trinajstić information content (AvgIpc) is 2.74. The van der Waals surface area contributed by atoms with Gasteiger partial charge >= 0.3 is 5.97 Å². The second kappa shape index (κ2) is 4.23. The summed E-state index contributed by atoms with van der Waals surface area (Å²) in [4.78, 5) is 18.8. The highest BCUT2D eigenvalue weighted by Gasteiger charge is 2.43. The zero-order valence-corrected chi connectivity index (χ0v) is 10.2. The van der Waals surface area contributed by atoms with Gasteiger partial charge in [0, 0.05) is 18.4 Å². The van der Waals surface area contributed by atoms with Crippen LogP contribution in [0.5, 0.6) is 0 Å². The van der Waals surface area contributed by atoms with Gasteiger partial charge in [-0.15, -0.1) is 0 Å². The van der Waals surface area contributed by atoms with Gasteiger partial charge in [-0.1, -0.05) is 6.42 Å². The summed E-state index contributed by atoms with van der Waals surface area (Å²) in [5, 5.41) is 12.1. The molecule has 1 unspecified atom stereocenters. The minimum Gasteiger partial charge on any atom is -0.478 e. The minimum atomic E-state index is -0.990. The van der Waals surface area contributed by atoms with E-state index in [1.54, 1.807) is 0 Å². The van der Waals surface area contributed by atoms with Crippen molar-refractivity contribution in [2.75, 3.05) is 5.32 Å². The van der Waals surface area contributed by atoms with Crippen molar-refractivity contribution in [1.82, 2.24) is 9.97 Å². The Labute approximate surface area is 106 Å². The number of anilines is 1. The molecule has 0 amide bonds. The number of carboxylic acid groups (broad SMARTS) is 1. The van der Waals surface area contributed by atoms with E-state index in [0.29, 0.717) is 17.4 Å². The van der Waals surface area contributed by atoms with Crippen LogP contribution in [0.1, 0.15) is 48.9 Å². The second-order valence-electron chi connectivity index (χ2n) is 5.54. The molecule has 2 aliphatic rings. The molecular formula is C13H17N3O2. The Hall–Kier alpha value is -1.65. The van der Waals surface area contributed by atoms with Crippen molar-refractivity contribution in [2.24, 2.45) is 5.41 Å².